The van der Waals surface area contributed by atoms with Crippen LogP contribution in [0.2, 0.25) is 0 Å². The molecule has 0 bridgehead atoms. The molecule has 0 spiro atoms. The molecule has 0 amide bonds. The van der Waals surface area contributed by atoms with Gasteiger partial charge in [-0.05, 0) is 122 Å². The normalized spacial score (nSPS) is 14.4. The Bertz CT molecular complexity index is 1870. The average Bonchev–Trinajstić information content (AvgIpc) is 3.41. The van der Waals surface area contributed by atoms with E-state index in [4.69, 9.17) is 18.5 Å². The van der Waals surface area contributed by atoms with Gasteiger partial charge < -0.3 is 27.9 Å². The number of nitrogens with zero attached hydrogens (tertiary/aromatic N) is 1. The molecule has 0 aromatic rings. The summed E-state index contributed by atoms with van der Waals surface area (Å²) >= 11 is 0. The van der Waals surface area contributed by atoms with Gasteiger partial charge in [0.15, 0.2) is 6.10 Å². The van der Waals surface area contributed by atoms with Crippen molar-refractivity contribution in [3.05, 3.63) is 158 Å². The Balaban J connectivity index is 4.23. The number of esters is 2. The summed E-state index contributed by atoms with van der Waals surface area (Å²) in [5.41, 5.74) is 0. The van der Waals surface area contributed by atoms with E-state index < -0.39 is 32.5 Å². The van der Waals surface area contributed by atoms with Crippen molar-refractivity contribution in [3.8, 4) is 0 Å². The molecule has 0 N–H and O–H groups in total. The van der Waals surface area contributed by atoms with Crippen LogP contribution in [0.15, 0.2) is 158 Å². The highest BCUT2D eigenvalue weighted by Crippen LogP contribution is 2.38. The van der Waals surface area contributed by atoms with Gasteiger partial charge in [-0.2, -0.15) is 0 Å². The molecule has 0 aliphatic heterocycles. The molecule has 0 saturated carbocycles. The lowest BCUT2D eigenvalue weighted by atomic mass is 10.1. The van der Waals surface area contributed by atoms with Gasteiger partial charge in [0.2, 0.25) is 0 Å². The van der Waals surface area contributed by atoms with E-state index in [2.05, 4.69) is 172 Å². The molecular formula is C68H110NO8P. The van der Waals surface area contributed by atoms with E-state index >= 15 is 0 Å². The lowest BCUT2D eigenvalue weighted by Crippen LogP contribution is -2.37. The minimum absolute atomic E-state index is 0.0450. The number of ether oxygens (including phenoxy) is 2. The van der Waals surface area contributed by atoms with Crippen LogP contribution in [-0.2, 0) is 32.7 Å². The van der Waals surface area contributed by atoms with Crippen LogP contribution in [0.4, 0.5) is 0 Å². The van der Waals surface area contributed by atoms with Crippen molar-refractivity contribution in [2.75, 3.05) is 47.5 Å². The predicted molar refractivity (Wildman–Crippen MR) is 332 cm³/mol. The second kappa shape index (κ2) is 57.3. The fourth-order valence-corrected chi connectivity index (χ4v) is 8.19. The van der Waals surface area contributed by atoms with Crippen LogP contribution < -0.4 is 4.89 Å². The zero-order chi connectivity index (χ0) is 57.0. The van der Waals surface area contributed by atoms with Crippen molar-refractivity contribution in [2.45, 2.75) is 213 Å². The number of hydrogen-bond donors (Lipinski definition) is 0. The van der Waals surface area contributed by atoms with Gasteiger partial charge in [-0.1, -0.05) is 230 Å². The third-order valence-electron chi connectivity index (χ3n) is 12.0. The number of carbonyl (C=O) groups is 2. The lowest BCUT2D eigenvalue weighted by molar-refractivity contribution is -0.870. The van der Waals surface area contributed by atoms with Crippen LogP contribution in [0.5, 0.6) is 0 Å². The van der Waals surface area contributed by atoms with Gasteiger partial charge in [-0.15, -0.1) is 0 Å². The molecule has 0 rings (SSSR count). The van der Waals surface area contributed by atoms with E-state index in [1.165, 1.54) is 12.8 Å². The summed E-state index contributed by atoms with van der Waals surface area (Å²) in [4.78, 5) is 37.9. The molecule has 0 heterocycles. The van der Waals surface area contributed by atoms with Gasteiger partial charge in [0, 0.05) is 12.8 Å². The standard InChI is InChI=1S/C68H110NO8P/c1-6-8-10-12-14-16-18-20-22-24-26-27-28-29-30-31-32-33-34-35-36-37-38-39-40-41-43-45-47-49-51-53-55-57-59-61-68(71)77-66(65-76-78(72,73)75-63-62-69(3,4)5)64-74-67(70)60-58-56-54-52-50-48-46-44-42-25-23-21-19-17-15-13-11-9-7-2/h8-11,14-17,20-23,26-27,29-30,32-33,35-36,38-39,41-44,66H,6-7,12-13,18-19,24-25,28,31,34,37,40,45-65H2,1-5H3/b10-8-,11-9-,16-14-,17-15-,22-20-,23-21-,27-26-,30-29-,33-32-,36-35-,39-38-,43-41-,44-42-. The first-order valence-corrected chi connectivity index (χ1v) is 31.7. The zero-order valence-corrected chi connectivity index (χ0v) is 50.7. The maximum Gasteiger partial charge on any atom is 0.306 e. The summed E-state index contributed by atoms with van der Waals surface area (Å²) in [6.07, 6.45) is 85.7. The first-order valence-electron chi connectivity index (χ1n) is 30.2. The van der Waals surface area contributed by atoms with Crippen molar-refractivity contribution in [1.29, 1.82) is 0 Å². The number of unbranched alkanes of at least 4 members (excludes halogenated alkanes) is 13. The van der Waals surface area contributed by atoms with Crippen LogP contribution in [0.25, 0.3) is 0 Å². The SMILES string of the molecule is CC/C=C\C/C=C\C/C=C\C/C=C\C/C=C\C/C=C\C/C=C\C/C=C\C/C=C\CCCCCCCCCC(=O)OC(COC(=O)CCCCCCCC/C=C\C/C=C\C/C=C\C/C=C\CC)COP(=O)([O-])OCC[N+](C)(C)C. The monoisotopic (exact) mass is 1100 g/mol. The highest BCUT2D eigenvalue weighted by atomic mass is 31.2. The molecule has 0 radical (unpaired) electrons. The molecule has 0 aliphatic rings. The summed E-state index contributed by atoms with van der Waals surface area (Å²) in [6.45, 7) is 3.95. The molecule has 2 unspecified atom stereocenters. The summed E-state index contributed by atoms with van der Waals surface area (Å²) < 4.78 is 34.1. The summed E-state index contributed by atoms with van der Waals surface area (Å²) in [5, 5.41) is 0. The maximum absolute atomic E-state index is 12.8. The number of quaternary nitrogens is 1. The Morgan fingerprint density at radius 1 is 0.397 bits per heavy atom. The number of carbonyl (C=O) groups excluding carboxylic acids is 2. The Labute approximate surface area is 477 Å². The van der Waals surface area contributed by atoms with Gasteiger partial charge in [0.05, 0.1) is 27.7 Å². The molecule has 10 heteroatoms. The van der Waals surface area contributed by atoms with Gasteiger partial charge in [0.25, 0.3) is 7.82 Å². The highest BCUT2D eigenvalue weighted by molar-refractivity contribution is 7.45. The number of hydrogen-bond acceptors (Lipinski definition) is 8. The van der Waals surface area contributed by atoms with Gasteiger partial charge in [-0.25, -0.2) is 0 Å². The minimum Gasteiger partial charge on any atom is -0.756 e. The third kappa shape index (κ3) is 60.9. The topological polar surface area (TPSA) is 111 Å². The number of allylic oxidation sites excluding steroid dienone is 26. The second-order valence-electron chi connectivity index (χ2n) is 20.6. The molecule has 2 atom stereocenters. The van der Waals surface area contributed by atoms with Crippen molar-refractivity contribution in [1.82, 2.24) is 0 Å². The van der Waals surface area contributed by atoms with E-state index in [0.717, 1.165) is 154 Å². The second-order valence-corrected chi connectivity index (χ2v) is 22.0. The van der Waals surface area contributed by atoms with Crippen LogP contribution in [0.3, 0.4) is 0 Å². The Hall–Kier alpha value is -4.37. The molecule has 0 fully saturated rings. The smallest absolute Gasteiger partial charge is 0.306 e. The third-order valence-corrected chi connectivity index (χ3v) is 13.0. The fraction of sp³-hybridized carbons (Fsp3) is 0.588. The van der Waals surface area contributed by atoms with Crippen LogP contribution >= 0.6 is 7.82 Å². The first kappa shape index (κ1) is 73.6. The molecule has 0 aromatic heterocycles. The zero-order valence-electron chi connectivity index (χ0n) is 49.8. The summed E-state index contributed by atoms with van der Waals surface area (Å²) in [6, 6.07) is 0. The average molecular weight is 1100 g/mol. The molecular weight excluding hydrogens is 990 g/mol. The van der Waals surface area contributed by atoms with Gasteiger partial charge in [-0.3, -0.25) is 14.2 Å². The summed E-state index contributed by atoms with van der Waals surface area (Å²) in [7, 11) is 1.12. The van der Waals surface area contributed by atoms with E-state index in [1.54, 1.807) is 0 Å². The van der Waals surface area contributed by atoms with E-state index in [9.17, 15) is 19.0 Å². The van der Waals surface area contributed by atoms with Crippen molar-refractivity contribution in [2.24, 2.45) is 0 Å². The van der Waals surface area contributed by atoms with E-state index in [0.29, 0.717) is 23.9 Å². The van der Waals surface area contributed by atoms with Crippen LogP contribution in [-0.4, -0.2) is 70.0 Å². The molecule has 0 aliphatic carbocycles. The van der Waals surface area contributed by atoms with Gasteiger partial charge >= 0.3 is 11.9 Å². The lowest BCUT2D eigenvalue weighted by Gasteiger charge is -2.28. The number of phosphoric acid groups is 1. The largest absolute Gasteiger partial charge is 0.756 e. The van der Waals surface area contributed by atoms with E-state index in [1.807, 2.05) is 21.1 Å². The molecule has 0 aromatic carbocycles. The molecule has 440 valence electrons. The van der Waals surface area contributed by atoms with Crippen molar-refractivity contribution in [3.63, 3.8) is 0 Å². The van der Waals surface area contributed by atoms with Crippen LogP contribution in [0.1, 0.15) is 206 Å². The van der Waals surface area contributed by atoms with Crippen molar-refractivity contribution < 1.29 is 42.1 Å². The molecule has 0 saturated heterocycles. The van der Waals surface area contributed by atoms with Crippen molar-refractivity contribution >= 4 is 19.8 Å². The predicted octanol–water partition coefficient (Wildman–Crippen LogP) is 18.6. The van der Waals surface area contributed by atoms with E-state index in [-0.39, 0.29) is 26.1 Å². The Kier molecular flexibility index (Phi) is 54.1. The van der Waals surface area contributed by atoms with Gasteiger partial charge in [0.1, 0.15) is 19.8 Å². The Morgan fingerprint density at radius 3 is 1.03 bits per heavy atom. The summed E-state index contributed by atoms with van der Waals surface area (Å²) in [5.74, 6) is -0.876. The highest BCUT2D eigenvalue weighted by Gasteiger charge is 2.21. The minimum atomic E-state index is -4.66. The number of likely N-dealkylation sites (N-methyl/N-ethyl adjacent to an activating group) is 1. The van der Waals surface area contributed by atoms with Crippen LogP contribution in [0, 0.1) is 0 Å². The number of phosphoric ester groups is 1. The fourth-order valence-electron chi connectivity index (χ4n) is 7.46. The maximum atomic E-state index is 12.8. The Morgan fingerprint density at radius 2 is 0.692 bits per heavy atom. The first-order chi connectivity index (χ1) is 38.0. The molecule has 9 nitrogen and oxygen atoms in total. The quantitative estimate of drug-likeness (QED) is 0.0195. The number of rotatable bonds is 53. The molecule has 78 heavy (non-hydrogen) atoms.